The SMILES string of the molecule is CCNC(=NCc1ccc(S(C)(=O)=O)c(C)c1)NCCS(=O)Cc1ccccc1. The molecule has 8 heteroatoms. The highest BCUT2D eigenvalue weighted by Gasteiger charge is 2.10. The fourth-order valence-corrected chi connectivity index (χ4v) is 4.85. The highest BCUT2D eigenvalue weighted by molar-refractivity contribution is 7.90. The molecule has 2 N–H and O–H groups in total. The van der Waals surface area contributed by atoms with Crippen LogP contribution in [0.15, 0.2) is 58.4 Å². The molecule has 2 rings (SSSR count). The van der Waals surface area contributed by atoms with Crippen molar-refractivity contribution in [3.05, 3.63) is 65.2 Å². The van der Waals surface area contributed by atoms with Crippen molar-refractivity contribution in [2.24, 2.45) is 4.99 Å². The monoisotopic (exact) mass is 435 g/mol. The Kier molecular flexibility index (Phi) is 8.85. The molecular weight excluding hydrogens is 406 g/mol. The van der Waals surface area contributed by atoms with E-state index in [1.165, 1.54) is 6.26 Å². The fraction of sp³-hybridized carbons (Fsp3) is 0.381. The third-order valence-electron chi connectivity index (χ3n) is 4.20. The number of sulfone groups is 1. The van der Waals surface area contributed by atoms with Gasteiger partial charge in [0, 0.05) is 41.7 Å². The number of rotatable bonds is 9. The van der Waals surface area contributed by atoms with Crippen LogP contribution in [0.1, 0.15) is 23.6 Å². The number of guanidine groups is 1. The molecule has 0 saturated heterocycles. The molecule has 0 fully saturated rings. The molecule has 2 aromatic carbocycles. The fourth-order valence-electron chi connectivity index (χ4n) is 2.85. The number of aliphatic imine (C=N–C) groups is 1. The van der Waals surface area contributed by atoms with E-state index in [0.717, 1.165) is 16.7 Å². The van der Waals surface area contributed by atoms with Crippen LogP contribution in [-0.4, -0.2) is 43.7 Å². The third kappa shape index (κ3) is 7.98. The molecule has 2 aromatic rings. The van der Waals surface area contributed by atoms with Crippen molar-refractivity contribution in [1.29, 1.82) is 0 Å². The maximum atomic E-state index is 12.2. The predicted octanol–water partition coefficient (Wildman–Crippen LogP) is 2.40. The van der Waals surface area contributed by atoms with E-state index in [0.29, 0.717) is 42.0 Å². The van der Waals surface area contributed by atoms with E-state index in [1.807, 2.05) is 43.3 Å². The lowest BCUT2D eigenvalue weighted by Gasteiger charge is -2.12. The normalized spacial score (nSPS) is 13.1. The van der Waals surface area contributed by atoms with E-state index >= 15 is 0 Å². The Balaban J connectivity index is 1.91. The molecule has 1 unspecified atom stereocenters. The number of benzene rings is 2. The molecule has 0 aliphatic carbocycles. The maximum absolute atomic E-state index is 12.2. The Morgan fingerprint density at radius 3 is 2.41 bits per heavy atom. The first-order valence-electron chi connectivity index (χ1n) is 9.50. The first-order valence-corrected chi connectivity index (χ1v) is 12.9. The summed E-state index contributed by atoms with van der Waals surface area (Å²) in [5, 5.41) is 6.38. The summed E-state index contributed by atoms with van der Waals surface area (Å²) in [6, 6.07) is 15.1. The van der Waals surface area contributed by atoms with Crippen LogP contribution < -0.4 is 10.6 Å². The summed E-state index contributed by atoms with van der Waals surface area (Å²) in [4.78, 5) is 4.89. The van der Waals surface area contributed by atoms with Gasteiger partial charge in [0.15, 0.2) is 15.8 Å². The van der Waals surface area contributed by atoms with E-state index in [4.69, 9.17) is 0 Å². The molecule has 158 valence electrons. The lowest BCUT2D eigenvalue weighted by molar-refractivity contribution is 0.601. The summed E-state index contributed by atoms with van der Waals surface area (Å²) >= 11 is 0. The van der Waals surface area contributed by atoms with Gasteiger partial charge in [-0.15, -0.1) is 0 Å². The number of nitrogens with zero attached hydrogens (tertiary/aromatic N) is 1. The largest absolute Gasteiger partial charge is 0.357 e. The molecule has 6 nitrogen and oxygen atoms in total. The highest BCUT2D eigenvalue weighted by Crippen LogP contribution is 2.17. The van der Waals surface area contributed by atoms with Crippen LogP contribution in [0.25, 0.3) is 0 Å². The molecule has 0 aliphatic rings. The molecule has 0 amide bonds. The summed E-state index contributed by atoms with van der Waals surface area (Å²) in [6.07, 6.45) is 1.21. The first-order chi connectivity index (χ1) is 13.8. The van der Waals surface area contributed by atoms with Gasteiger partial charge < -0.3 is 10.6 Å². The minimum atomic E-state index is -3.22. The minimum absolute atomic E-state index is 0.344. The summed E-state index contributed by atoms with van der Waals surface area (Å²) in [6.45, 7) is 5.46. The number of hydrogen-bond acceptors (Lipinski definition) is 4. The van der Waals surface area contributed by atoms with Crippen molar-refractivity contribution in [3.63, 3.8) is 0 Å². The van der Waals surface area contributed by atoms with E-state index in [9.17, 15) is 12.6 Å². The number of aryl methyl sites for hydroxylation is 1. The van der Waals surface area contributed by atoms with Gasteiger partial charge in [0.05, 0.1) is 11.4 Å². The second-order valence-corrected chi connectivity index (χ2v) is 10.3. The Bertz CT molecular complexity index is 958. The molecule has 1 atom stereocenters. The minimum Gasteiger partial charge on any atom is -0.357 e. The molecule has 0 spiro atoms. The predicted molar refractivity (Wildman–Crippen MR) is 120 cm³/mol. The highest BCUT2D eigenvalue weighted by atomic mass is 32.2. The third-order valence-corrected chi connectivity index (χ3v) is 6.77. The van der Waals surface area contributed by atoms with Crippen molar-refractivity contribution >= 4 is 26.6 Å². The zero-order valence-electron chi connectivity index (χ0n) is 17.1. The second-order valence-electron chi connectivity index (χ2n) is 6.77. The molecule has 0 saturated carbocycles. The van der Waals surface area contributed by atoms with Gasteiger partial charge in [-0.2, -0.15) is 0 Å². The molecule has 0 radical (unpaired) electrons. The summed E-state index contributed by atoms with van der Waals surface area (Å²) in [5.74, 6) is 1.72. The summed E-state index contributed by atoms with van der Waals surface area (Å²) in [7, 11) is -4.17. The average molecular weight is 436 g/mol. The standard InChI is InChI=1S/C21H29N3O3S2/c1-4-22-21(23-12-13-28(25)16-18-8-6-5-7-9-18)24-15-19-10-11-20(17(2)14-19)29(3,26)27/h5-11,14H,4,12-13,15-16H2,1-3H3,(H2,22,23,24). The van der Waals surface area contributed by atoms with Gasteiger partial charge in [0.1, 0.15) is 0 Å². The van der Waals surface area contributed by atoms with Crippen molar-refractivity contribution in [1.82, 2.24) is 10.6 Å². The van der Waals surface area contributed by atoms with Crippen molar-refractivity contribution in [2.75, 3.05) is 25.1 Å². The zero-order valence-corrected chi connectivity index (χ0v) is 18.8. The maximum Gasteiger partial charge on any atom is 0.191 e. The van der Waals surface area contributed by atoms with Crippen LogP contribution >= 0.6 is 0 Å². The van der Waals surface area contributed by atoms with Crippen LogP contribution in [0.4, 0.5) is 0 Å². The zero-order chi connectivity index (χ0) is 21.3. The van der Waals surface area contributed by atoms with Crippen LogP contribution in [-0.2, 0) is 32.9 Å². The van der Waals surface area contributed by atoms with E-state index < -0.39 is 20.6 Å². The van der Waals surface area contributed by atoms with Crippen molar-refractivity contribution in [2.45, 2.75) is 31.0 Å². The molecular formula is C21H29N3O3S2. The lowest BCUT2D eigenvalue weighted by atomic mass is 10.1. The Hall–Kier alpha value is -2.19. The van der Waals surface area contributed by atoms with Crippen LogP contribution in [0.5, 0.6) is 0 Å². The summed E-state index contributed by atoms with van der Waals surface area (Å²) in [5.41, 5.74) is 2.72. The second kappa shape index (κ2) is 11.1. The molecule has 0 aromatic heterocycles. The van der Waals surface area contributed by atoms with E-state index in [2.05, 4.69) is 15.6 Å². The van der Waals surface area contributed by atoms with Crippen molar-refractivity contribution in [3.8, 4) is 0 Å². The Morgan fingerprint density at radius 1 is 1.07 bits per heavy atom. The lowest BCUT2D eigenvalue weighted by Crippen LogP contribution is -2.39. The van der Waals surface area contributed by atoms with E-state index in [1.54, 1.807) is 19.1 Å². The van der Waals surface area contributed by atoms with Crippen LogP contribution in [0, 0.1) is 6.92 Å². The Labute approximate surface area is 176 Å². The molecule has 0 heterocycles. The van der Waals surface area contributed by atoms with Crippen LogP contribution in [0.3, 0.4) is 0 Å². The van der Waals surface area contributed by atoms with Crippen LogP contribution in [0.2, 0.25) is 0 Å². The van der Waals surface area contributed by atoms with Gasteiger partial charge in [0.25, 0.3) is 0 Å². The number of nitrogens with one attached hydrogen (secondary N) is 2. The van der Waals surface area contributed by atoms with Gasteiger partial charge in [-0.25, -0.2) is 13.4 Å². The first kappa shape index (κ1) is 23.1. The molecule has 0 aliphatic heterocycles. The van der Waals surface area contributed by atoms with Gasteiger partial charge in [0.2, 0.25) is 0 Å². The van der Waals surface area contributed by atoms with Gasteiger partial charge in [-0.1, -0.05) is 42.5 Å². The summed E-state index contributed by atoms with van der Waals surface area (Å²) < 4.78 is 35.7. The van der Waals surface area contributed by atoms with Gasteiger partial charge >= 0.3 is 0 Å². The van der Waals surface area contributed by atoms with Crippen molar-refractivity contribution < 1.29 is 12.6 Å². The van der Waals surface area contributed by atoms with Gasteiger partial charge in [-0.05, 0) is 36.6 Å². The smallest absolute Gasteiger partial charge is 0.191 e. The molecule has 29 heavy (non-hydrogen) atoms. The Morgan fingerprint density at radius 2 is 1.79 bits per heavy atom. The van der Waals surface area contributed by atoms with Gasteiger partial charge in [-0.3, -0.25) is 4.21 Å². The quantitative estimate of drug-likeness (QED) is 0.466. The number of hydrogen-bond donors (Lipinski definition) is 2. The van der Waals surface area contributed by atoms with E-state index in [-0.39, 0.29) is 0 Å². The topological polar surface area (TPSA) is 87.6 Å². The molecule has 0 bridgehead atoms. The average Bonchev–Trinajstić information content (AvgIpc) is 2.66.